The van der Waals surface area contributed by atoms with Crippen molar-refractivity contribution >= 4 is 40.1 Å². The summed E-state index contributed by atoms with van der Waals surface area (Å²) in [7, 11) is 0. The minimum atomic E-state index is -1.51. The van der Waals surface area contributed by atoms with E-state index in [4.69, 9.17) is 4.74 Å². The van der Waals surface area contributed by atoms with Crippen molar-refractivity contribution in [2.75, 3.05) is 31.1 Å². The number of halogens is 2. The number of anilines is 1. The summed E-state index contributed by atoms with van der Waals surface area (Å²) < 4.78 is 35.8. The molecule has 0 saturated carbocycles. The van der Waals surface area contributed by atoms with Gasteiger partial charge in [0, 0.05) is 32.4 Å². The van der Waals surface area contributed by atoms with Crippen molar-refractivity contribution in [1.29, 1.82) is 0 Å². The van der Waals surface area contributed by atoms with E-state index in [-0.39, 0.29) is 46.5 Å². The number of carbonyl (C=O) groups excluding carboxylic acids is 1. The first-order valence-corrected chi connectivity index (χ1v) is 12.9. The van der Waals surface area contributed by atoms with Crippen molar-refractivity contribution in [3.63, 3.8) is 0 Å². The standard InChI is InChI=1S/C24H25F2N5O5S/c25-17-8-15-19(32)16(23(34)35)12-31(24-28-10-18(26)37-24)20(15)29-21(17)30-6-3-4-13(11-30)22(33)27-9-14-5-1-2-7-36-14/h8,10,12-14H,1-7,9,11H2,(H,27,33)(H,34,35). The van der Waals surface area contributed by atoms with Gasteiger partial charge in [0.25, 0.3) is 0 Å². The molecular formula is C24H25F2N5O5S. The molecule has 3 aromatic heterocycles. The van der Waals surface area contributed by atoms with Gasteiger partial charge in [-0.2, -0.15) is 4.39 Å². The molecule has 37 heavy (non-hydrogen) atoms. The fourth-order valence-electron chi connectivity index (χ4n) is 4.80. The highest BCUT2D eigenvalue weighted by Gasteiger charge is 2.30. The molecule has 10 nitrogen and oxygen atoms in total. The van der Waals surface area contributed by atoms with Crippen LogP contribution in [0, 0.1) is 16.9 Å². The van der Waals surface area contributed by atoms with E-state index in [9.17, 15) is 23.9 Å². The maximum absolute atomic E-state index is 15.3. The molecule has 5 rings (SSSR count). The number of hydrogen-bond donors (Lipinski definition) is 2. The van der Waals surface area contributed by atoms with Crippen molar-refractivity contribution in [3.05, 3.63) is 45.2 Å². The van der Waals surface area contributed by atoms with Crippen molar-refractivity contribution in [2.24, 2.45) is 5.92 Å². The van der Waals surface area contributed by atoms with Gasteiger partial charge in [0.2, 0.25) is 11.3 Å². The number of carboxylic acids is 1. The molecule has 2 unspecified atom stereocenters. The van der Waals surface area contributed by atoms with Crippen LogP contribution >= 0.6 is 11.3 Å². The molecule has 0 radical (unpaired) electrons. The van der Waals surface area contributed by atoms with E-state index in [1.165, 1.54) is 4.57 Å². The van der Waals surface area contributed by atoms with Crippen molar-refractivity contribution in [3.8, 4) is 5.13 Å². The highest BCUT2D eigenvalue weighted by Crippen LogP contribution is 2.28. The Hall–Kier alpha value is -3.45. The van der Waals surface area contributed by atoms with Gasteiger partial charge in [-0.15, -0.1) is 0 Å². The molecule has 1 amide bonds. The summed E-state index contributed by atoms with van der Waals surface area (Å²) >= 11 is 0.629. The molecule has 0 bridgehead atoms. The predicted molar refractivity (Wildman–Crippen MR) is 131 cm³/mol. The average molecular weight is 534 g/mol. The topological polar surface area (TPSA) is 127 Å². The molecule has 2 atom stereocenters. The summed E-state index contributed by atoms with van der Waals surface area (Å²) in [5, 5.41) is 11.6. The SMILES string of the molecule is O=C(O)c1cn(-c2ncc(F)s2)c2nc(N3CCCC(C(=O)NCC4CCCCO4)C3)c(F)cc2c1=O. The Morgan fingerprint density at radius 3 is 2.78 bits per heavy atom. The second kappa shape index (κ2) is 10.5. The number of aromatic nitrogens is 3. The van der Waals surface area contributed by atoms with E-state index in [1.54, 1.807) is 4.90 Å². The lowest BCUT2D eigenvalue weighted by atomic mass is 9.96. The van der Waals surface area contributed by atoms with Crippen LogP contribution in [0.5, 0.6) is 0 Å². The van der Waals surface area contributed by atoms with E-state index in [2.05, 4.69) is 15.3 Å². The number of fused-ring (bicyclic) bond motifs is 1. The number of carboxylic acid groups (broad SMARTS) is 1. The smallest absolute Gasteiger partial charge is 0.341 e. The quantitative estimate of drug-likeness (QED) is 0.495. The zero-order valence-electron chi connectivity index (χ0n) is 19.8. The van der Waals surface area contributed by atoms with E-state index in [0.717, 1.165) is 37.7 Å². The second-order valence-electron chi connectivity index (χ2n) is 9.18. The number of nitrogens with zero attached hydrogens (tertiary/aromatic N) is 4. The van der Waals surface area contributed by atoms with Gasteiger partial charge in [-0.3, -0.25) is 14.2 Å². The van der Waals surface area contributed by atoms with Gasteiger partial charge in [0.05, 0.1) is 23.6 Å². The highest BCUT2D eigenvalue weighted by molar-refractivity contribution is 7.12. The third-order valence-electron chi connectivity index (χ3n) is 6.68. The molecule has 5 heterocycles. The van der Waals surface area contributed by atoms with Gasteiger partial charge in [-0.05, 0) is 38.2 Å². The largest absolute Gasteiger partial charge is 0.477 e. The number of hydrogen-bond acceptors (Lipinski definition) is 8. The fourth-order valence-corrected chi connectivity index (χ4v) is 5.43. The Kier molecular flexibility index (Phi) is 7.15. The van der Waals surface area contributed by atoms with Gasteiger partial charge < -0.3 is 20.1 Å². The van der Waals surface area contributed by atoms with E-state index < -0.39 is 27.9 Å². The molecule has 0 spiro atoms. The molecular weight excluding hydrogens is 508 g/mol. The monoisotopic (exact) mass is 533 g/mol. The first-order chi connectivity index (χ1) is 17.8. The Bertz CT molecular complexity index is 1400. The van der Waals surface area contributed by atoms with E-state index in [0.29, 0.717) is 43.9 Å². The third-order valence-corrected chi connectivity index (χ3v) is 7.47. The zero-order valence-corrected chi connectivity index (χ0v) is 20.6. The molecule has 2 aliphatic rings. The van der Waals surface area contributed by atoms with Crippen LogP contribution < -0.4 is 15.6 Å². The second-order valence-corrected chi connectivity index (χ2v) is 10.1. The maximum Gasteiger partial charge on any atom is 0.341 e. The molecule has 196 valence electrons. The Labute approximate surface area is 213 Å². The first-order valence-electron chi connectivity index (χ1n) is 12.1. The number of amides is 1. The van der Waals surface area contributed by atoms with Crippen LogP contribution in [-0.4, -0.2) is 63.9 Å². The van der Waals surface area contributed by atoms with Crippen molar-refractivity contribution in [2.45, 2.75) is 38.2 Å². The fraction of sp³-hybridized carbons (Fsp3) is 0.458. The lowest BCUT2D eigenvalue weighted by Gasteiger charge is -2.33. The lowest BCUT2D eigenvalue weighted by Crippen LogP contribution is -2.45. The van der Waals surface area contributed by atoms with E-state index in [1.807, 2.05) is 0 Å². The summed E-state index contributed by atoms with van der Waals surface area (Å²) in [5.74, 6) is -2.93. The van der Waals surface area contributed by atoms with Crippen LogP contribution in [0.1, 0.15) is 42.5 Å². The van der Waals surface area contributed by atoms with Crippen LogP contribution in [0.3, 0.4) is 0 Å². The maximum atomic E-state index is 15.3. The number of nitrogens with one attached hydrogen (secondary N) is 1. The minimum absolute atomic E-state index is 0.000108. The number of ether oxygens (including phenoxy) is 1. The summed E-state index contributed by atoms with van der Waals surface area (Å²) in [4.78, 5) is 47.2. The number of piperidine rings is 1. The van der Waals surface area contributed by atoms with Crippen LogP contribution in [0.25, 0.3) is 16.2 Å². The number of rotatable bonds is 6. The summed E-state index contributed by atoms with van der Waals surface area (Å²) in [6, 6.07) is 0.941. The highest BCUT2D eigenvalue weighted by atomic mass is 32.1. The van der Waals surface area contributed by atoms with E-state index >= 15 is 4.39 Å². The Morgan fingerprint density at radius 1 is 1.24 bits per heavy atom. The van der Waals surface area contributed by atoms with Gasteiger partial charge in [-0.1, -0.05) is 11.3 Å². The minimum Gasteiger partial charge on any atom is -0.477 e. The number of carbonyl (C=O) groups is 2. The first kappa shape index (κ1) is 25.2. The van der Waals surface area contributed by atoms with Crippen LogP contribution in [0.15, 0.2) is 23.3 Å². The summed E-state index contributed by atoms with van der Waals surface area (Å²) in [5.41, 5.74) is -1.58. The van der Waals surface area contributed by atoms with Crippen LogP contribution in [-0.2, 0) is 9.53 Å². The summed E-state index contributed by atoms with van der Waals surface area (Å²) in [6.07, 6.45) is 6.22. The predicted octanol–water partition coefficient (Wildman–Crippen LogP) is 2.72. The lowest BCUT2D eigenvalue weighted by molar-refractivity contribution is -0.126. The molecule has 2 N–H and O–H groups in total. The van der Waals surface area contributed by atoms with Gasteiger partial charge in [-0.25, -0.2) is 19.2 Å². The molecule has 2 fully saturated rings. The molecule has 2 aliphatic heterocycles. The summed E-state index contributed by atoms with van der Waals surface area (Å²) in [6.45, 7) is 1.78. The van der Waals surface area contributed by atoms with Gasteiger partial charge in [0.1, 0.15) is 5.56 Å². The Balaban J connectivity index is 1.45. The van der Waals surface area contributed by atoms with Gasteiger partial charge >= 0.3 is 5.97 Å². The normalized spacial score (nSPS) is 20.2. The number of thiazole rings is 1. The van der Waals surface area contributed by atoms with Crippen LogP contribution in [0.2, 0.25) is 0 Å². The molecule has 0 aromatic carbocycles. The molecule has 2 saturated heterocycles. The van der Waals surface area contributed by atoms with Crippen molar-refractivity contribution in [1.82, 2.24) is 19.9 Å². The molecule has 13 heteroatoms. The van der Waals surface area contributed by atoms with Crippen molar-refractivity contribution < 1.29 is 28.2 Å². The average Bonchev–Trinajstić information content (AvgIpc) is 3.34. The number of pyridine rings is 2. The Morgan fingerprint density at radius 2 is 2.08 bits per heavy atom. The zero-order chi connectivity index (χ0) is 26.1. The molecule has 0 aliphatic carbocycles. The third kappa shape index (κ3) is 5.18. The molecule has 3 aromatic rings. The van der Waals surface area contributed by atoms with Gasteiger partial charge in [0.15, 0.2) is 27.5 Å². The number of aromatic carboxylic acids is 1. The van der Waals surface area contributed by atoms with Crippen LogP contribution in [0.4, 0.5) is 14.6 Å².